The van der Waals surface area contributed by atoms with E-state index in [1.165, 1.54) is 31.2 Å². The number of nitrogens with zero attached hydrogens (tertiary/aromatic N) is 1. The van der Waals surface area contributed by atoms with Gasteiger partial charge in [-0.3, -0.25) is 4.90 Å². The van der Waals surface area contributed by atoms with Crippen LogP contribution in [0.2, 0.25) is 0 Å². The zero-order chi connectivity index (χ0) is 14.7. The zero-order valence-electron chi connectivity index (χ0n) is 13.8. The van der Waals surface area contributed by atoms with Crippen molar-refractivity contribution in [1.29, 1.82) is 0 Å². The molecule has 2 aliphatic heterocycles. The van der Waals surface area contributed by atoms with Crippen LogP contribution in [0, 0.1) is 0 Å². The molecule has 3 nitrogen and oxygen atoms in total. The number of rotatable bonds is 6. The monoisotopic (exact) mass is 324 g/mol. The predicted molar refractivity (Wildman–Crippen MR) is 93.9 cm³/mol. The maximum Gasteiger partial charge on any atom is 0.119 e. The summed E-state index contributed by atoms with van der Waals surface area (Å²) in [6.45, 7) is 3.97. The van der Waals surface area contributed by atoms with Crippen LogP contribution >= 0.6 is 12.4 Å². The first kappa shape index (κ1) is 17.6. The molecule has 2 atom stereocenters. The molecule has 1 N–H and O–H groups in total. The second kappa shape index (κ2) is 8.19. The third-order valence-electron chi connectivity index (χ3n) is 4.87. The van der Waals surface area contributed by atoms with E-state index in [1.807, 2.05) is 0 Å². The van der Waals surface area contributed by atoms with E-state index in [-0.39, 0.29) is 12.4 Å². The molecular weight excluding hydrogens is 296 g/mol. The van der Waals surface area contributed by atoms with Crippen molar-refractivity contribution in [2.45, 2.75) is 63.7 Å². The smallest absolute Gasteiger partial charge is 0.119 e. The van der Waals surface area contributed by atoms with Crippen LogP contribution in [0.5, 0.6) is 5.75 Å². The number of benzene rings is 1. The number of nitrogens with one attached hydrogen (secondary N) is 1. The van der Waals surface area contributed by atoms with Crippen molar-refractivity contribution in [2.75, 3.05) is 13.7 Å². The highest BCUT2D eigenvalue weighted by Crippen LogP contribution is 2.30. The predicted octanol–water partition coefficient (Wildman–Crippen LogP) is 3.61. The average Bonchev–Trinajstić information content (AvgIpc) is 2.84. The summed E-state index contributed by atoms with van der Waals surface area (Å²) in [6, 6.07) is 10.8. The Labute approximate surface area is 140 Å². The van der Waals surface area contributed by atoms with Gasteiger partial charge in [0.2, 0.25) is 0 Å². The summed E-state index contributed by atoms with van der Waals surface area (Å²) < 4.78 is 5.74. The first-order valence-electron chi connectivity index (χ1n) is 8.42. The van der Waals surface area contributed by atoms with Crippen LogP contribution in [-0.2, 0) is 6.54 Å². The summed E-state index contributed by atoms with van der Waals surface area (Å²) in [5, 5.41) is 3.72. The van der Waals surface area contributed by atoms with Gasteiger partial charge in [-0.2, -0.15) is 0 Å². The lowest BCUT2D eigenvalue weighted by Crippen LogP contribution is -2.46. The summed E-state index contributed by atoms with van der Waals surface area (Å²) in [4.78, 5) is 2.53. The molecule has 0 spiro atoms. The van der Waals surface area contributed by atoms with Gasteiger partial charge in [-0.25, -0.2) is 0 Å². The van der Waals surface area contributed by atoms with Gasteiger partial charge in [0.05, 0.1) is 6.61 Å². The van der Waals surface area contributed by atoms with E-state index < -0.39 is 0 Å². The van der Waals surface area contributed by atoms with E-state index in [9.17, 15) is 0 Å². The molecule has 1 aromatic rings. The van der Waals surface area contributed by atoms with Gasteiger partial charge >= 0.3 is 0 Å². The number of halogens is 1. The van der Waals surface area contributed by atoms with Gasteiger partial charge in [-0.05, 0) is 56.8 Å². The normalized spacial score (nSPS) is 26.8. The van der Waals surface area contributed by atoms with Gasteiger partial charge in [0.1, 0.15) is 5.75 Å². The summed E-state index contributed by atoms with van der Waals surface area (Å²) in [7, 11) is 2.27. The fraction of sp³-hybridized carbons (Fsp3) is 0.667. The van der Waals surface area contributed by atoms with Crippen molar-refractivity contribution < 1.29 is 4.74 Å². The van der Waals surface area contributed by atoms with Crippen molar-refractivity contribution in [3.8, 4) is 5.75 Å². The SMILES string of the molecule is CCCOc1cccc(CN(C)C2CC3CCC(C2)N3)c1.Cl. The molecule has 0 saturated carbocycles. The molecule has 0 radical (unpaired) electrons. The summed E-state index contributed by atoms with van der Waals surface area (Å²) >= 11 is 0. The number of piperidine rings is 1. The molecule has 2 saturated heterocycles. The Balaban J connectivity index is 0.00000176. The third-order valence-corrected chi connectivity index (χ3v) is 4.87. The maximum atomic E-state index is 5.74. The Bertz CT molecular complexity index is 456. The van der Waals surface area contributed by atoms with E-state index in [0.29, 0.717) is 0 Å². The quantitative estimate of drug-likeness (QED) is 0.865. The minimum absolute atomic E-state index is 0. The summed E-state index contributed by atoms with van der Waals surface area (Å²) in [5.74, 6) is 1.01. The Morgan fingerprint density at radius 1 is 1.23 bits per heavy atom. The average molecular weight is 325 g/mol. The van der Waals surface area contributed by atoms with Crippen LogP contribution in [0.15, 0.2) is 24.3 Å². The largest absolute Gasteiger partial charge is 0.494 e. The Morgan fingerprint density at radius 2 is 1.95 bits per heavy atom. The molecule has 4 heteroatoms. The van der Waals surface area contributed by atoms with E-state index >= 15 is 0 Å². The van der Waals surface area contributed by atoms with Crippen molar-refractivity contribution in [3.05, 3.63) is 29.8 Å². The highest BCUT2D eigenvalue weighted by molar-refractivity contribution is 5.85. The summed E-state index contributed by atoms with van der Waals surface area (Å²) in [5.41, 5.74) is 1.36. The van der Waals surface area contributed by atoms with Gasteiger partial charge in [0.15, 0.2) is 0 Å². The lowest BCUT2D eigenvalue weighted by atomic mass is 9.98. The van der Waals surface area contributed by atoms with Crippen molar-refractivity contribution in [3.63, 3.8) is 0 Å². The molecule has 2 fully saturated rings. The van der Waals surface area contributed by atoms with Crippen LogP contribution < -0.4 is 10.1 Å². The zero-order valence-corrected chi connectivity index (χ0v) is 14.6. The number of ether oxygens (including phenoxy) is 1. The Kier molecular flexibility index (Phi) is 6.54. The molecule has 0 aliphatic carbocycles. The Hall–Kier alpha value is -0.770. The lowest BCUT2D eigenvalue weighted by molar-refractivity contribution is 0.165. The standard InChI is InChI=1S/C18H28N2O.ClH/c1-3-9-21-18-6-4-5-14(10-18)13-20(2)17-11-15-7-8-16(12-17)19-15;/h4-6,10,15-17,19H,3,7-9,11-13H2,1-2H3;1H. The van der Waals surface area contributed by atoms with E-state index in [1.54, 1.807) is 0 Å². The van der Waals surface area contributed by atoms with Gasteiger partial charge in [0, 0.05) is 24.7 Å². The van der Waals surface area contributed by atoms with E-state index in [4.69, 9.17) is 4.74 Å². The van der Waals surface area contributed by atoms with Gasteiger partial charge in [-0.15, -0.1) is 12.4 Å². The topological polar surface area (TPSA) is 24.5 Å². The third kappa shape index (κ3) is 4.37. The van der Waals surface area contributed by atoms with Crippen LogP contribution in [0.4, 0.5) is 0 Å². The van der Waals surface area contributed by atoms with Crippen LogP contribution in [-0.4, -0.2) is 36.7 Å². The molecule has 1 aromatic carbocycles. The van der Waals surface area contributed by atoms with Crippen LogP contribution in [0.3, 0.4) is 0 Å². The minimum atomic E-state index is 0. The fourth-order valence-electron chi connectivity index (χ4n) is 3.76. The van der Waals surface area contributed by atoms with E-state index in [2.05, 4.69) is 48.5 Å². The summed E-state index contributed by atoms with van der Waals surface area (Å²) in [6.07, 6.45) is 6.41. The van der Waals surface area contributed by atoms with Gasteiger partial charge in [0.25, 0.3) is 0 Å². The molecule has 2 unspecified atom stereocenters. The molecular formula is C18H29ClN2O. The van der Waals surface area contributed by atoms with Crippen LogP contribution in [0.25, 0.3) is 0 Å². The molecule has 0 aromatic heterocycles. The molecule has 2 bridgehead atoms. The minimum Gasteiger partial charge on any atom is -0.494 e. The molecule has 0 amide bonds. The van der Waals surface area contributed by atoms with Crippen LogP contribution in [0.1, 0.15) is 44.6 Å². The fourth-order valence-corrected chi connectivity index (χ4v) is 3.76. The number of fused-ring (bicyclic) bond motifs is 2. The van der Waals surface area contributed by atoms with Crippen molar-refractivity contribution >= 4 is 12.4 Å². The second-order valence-electron chi connectivity index (χ2n) is 6.67. The number of hydrogen-bond acceptors (Lipinski definition) is 3. The molecule has 3 rings (SSSR count). The molecule has 22 heavy (non-hydrogen) atoms. The van der Waals surface area contributed by atoms with Crippen molar-refractivity contribution in [1.82, 2.24) is 10.2 Å². The Morgan fingerprint density at radius 3 is 2.64 bits per heavy atom. The van der Waals surface area contributed by atoms with E-state index in [0.717, 1.165) is 43.4 Å². The first-order valence-corrected chi connectivity index (χ1v) is 8.42. The highest BCUT2D eigenvalue weighted by atomic mass is 35.5. The highest BCUT2D eigenvalue weighted by Gasteiger charge is 2.34. The lowest BCUT2D eigenvalue weighted by Gasteiger charge is -2.35. The number of hydrogen-bond donors (Lipinski definition) is 1. The molecule has 2 aliphatic rings. The molecule has 2 heterocycles. The maximum absolute atomic E-state index is 5.74. The molecule has 124 valence electrons. The van der Waals surface area contributed by atoms with Crippen molar-refractivity contribution in [2.24, 2.45) is 0 Å². The second-order valence-corrected chi connectivity index (χ2v) is 6.67. The van der Waals surface area contributed by atoms with Gasteiger partial charge in [-0.1, -0.05) is 19.1 Å². The first-order chi connectivity index (χ1) is 10.2. The van der Waals surface area contributed by atoms with Gasteiger partial charge < -0.3 is 10.1 Å².